The van der Waals surface area contributed by atoms with E-state index in [0.717, 1.165) is 11.8 Å². The second-order valence-corrected chi connectivity index (χ2v) is 7.50. The average Bonchev–Trinajstić information content (AvgIpc) is 3.32. The maximum atomic E-state index is 12.9. The summed E-state index contributed by atoms with van der Waals surface area (Å²) in [5, 5.41) is 8.46. The zero-order chi connectivity index (χ0) is 19.7. The standard InChI is InChI=1S/C20H17Cl2N3O3/c21-12-7-8-14(22)16(10-12)23-20(27)17-5-3-9-25(17)19(26)11-15-13-4-1-2-6-18(13)28-24-15/h1-2,4,6-8,10,17H,3,5,9,11H2,(H,23,27)/t17-/m1/s1. The summed E-state index contributed by atoms with van der Waals surface area (Å²) in [6, 6.07) is 11.7. The van der Waals surface area contributed by atoms with Gasteiger partial charge in [-0.3, -0.25) is 9.59 Å². The lowest BCUT2D eigenvalue weighted by Gasteiger charge is -2.24. The molecule has 0 unspecified atom stereocenters. The first-order valence-electron chi connectivity index (χ1n) is 8.91. The van der Waals surface area contributed by atoms with Gasteiger partial charge in [0.1, 0.15) is 11.7 Å². The number of hydrogen-bond acceptors (Lipinski definition) is 4. The third kappa shape index (κ3) is 3.70. The first kappa shape index (κ1) is 18.8. The summed E-state index contributed by atoms with van der Waals surface area (Å²) in [7, 11) is 0. The number of rotatable bonds is 4. The van der Waals surface area contributed by atoms with Gasteiger partial charge >= 0.3 is 0 Å². The van der Waals surface area contributed by atoms with Gasteiger partial charge in [-0.25, -0.2) is 0 Å². The predicted octanol–water partition coefficient (Wildman–Crippen LogP) is 4.31. The molecule has 1 aliphatic heterocycles. The van der Waals surface area contributed by atoms with E-state index in [0.29, 0.717) is 40.0 Å². The van der Waals surface area contributed by atoms with Gasteiger partial charge in [0.05, 0.1) is 17.1 Å². The second-order valence-electron chi connectivity index (χ2n) is 6.66. The number of carbonyl (C=O) groups is 2. The number of amides is 2. The van der Waals surface area contributed by atoms with Crippen LogP contribution in [-0.2, 0) is 16.0 Å². The molecule has 1 fully saturated rings. The topological polar surface area (TPSA) is 75.4 Å². The Morgan fingerprint density at radius 1 is 1.21 bits per heavy atom. The molecule has 1 atom stereocenters. The van der Waals surface area contributed by atoms with Crippen molar-refractivity contribution < 1.29 is 14.1 Å². The Kier molecular flexibility index (Phi) is 5.24. The van der Waals surface area contributed by atoms with E-state index < -0.39 is 6.04 Å². The molecule has 8 heteroatoms. The lowest BCUT2D eigenvalue weighted by Crippen LogP contribution is -2.43. The molecule has 1 saturated heterocycles. The number of halogens is 2. The van der Waals surface area contributed by atoms with E-state index in [9.17, 15) is 9.59 Å². The van der Waals surface area contributed by atoms with Gasteiger partial charge in [-0.1, -0.05) is 40.5 Å². The molecule has 144 valence electrons. The summed E-state index contributed by atoms with van der Waals surface area (Å²) in [4.78, 5) is 27.2. The van der Waals surface area contributed by atoms with Gasteiger partial charge in [0, 0.05) is 17.0 Å². The molecule has 1 aromatic heterocycles. The van der Waals surface area contributed by atoms with Gasteiger partial charge in [0.25, 0.3) is 0 Å². The van der Waals surface area contributed by atoms with Gasteiger partial charge in [-0.2, -0.15) is 0 Å². The largest absolute Gasteiger partial charge is 0.356 e. The van der Waals surface area contributed by atoms with Crippen LogP contribution in [0.3, 0.4) is 0 Å². The fourth-order valence-electron chi connectivity index (χ4n) is 3.46. The minimum atomic E-state index is -0.555. The summed E-state index contributed by atoms with van der Waals surface area (Å²) < 4.78 is 5.26. The molecule has 4 rings (SSSR count). The van der Waals surface area contributed by atoms with Crippen molar-refractivity contribution in [3.63, 3.8) is 0 Å². The maximum Gasteiger partial charge on any atom is 0.247 e. The maximum absolute atomic E-state index is 12.9. The van der Waals surface area contributed by atoms with Crippen molar-refractivity contribution >= 4 is 51.7 Å². The van der Waals surface area contributed by atoms with Crippen LogP contribution in [0, 0.1) is 0 Å². The Labute approximate surface area is 171 Å². The summed E-state index contributed by atoms with van der Waals surface area (Å²) in [6.07, 6.45) is 1.43. The van der Waals surface area contributed by atoms with Gasteiger partial charge < -0.3 is 14.7 Å². The molecule has 0 aliphatic carbocycles. The molecule has 6 nitrogen and oxygen atoms in total. The molecule has 2 amide bonds. The van der Waals surface area contributed by atoms with Crippen LogP contribution in [0.5, 0.6) is 0 Å². The van der Waals surface area contributed by atoms with Gasteiger partial charge in [-0.05, 0) is 43.2 Å². The van der Waals surface area contributed by atoms with E-state index in [1.807, 2.05) is 18.2 Å². The summed E-state index contributed by atoms with van der Waals surface area (Å²) in [5.41, 5.74) is 1.64. The molecule has 0 bridgehead atoms. The van der Waals surface area contributed by atoms with Crippen molar-refractivity contribution in [2.45, 2.75) is 25.3 Å². The minimum absolute atomic E-state index is 0.0821. The first-order chi connectivity index (χ1) is 13.5. The number of nitrogens with one attached hydrogen (secondary N) is 1. The fourth-order valence-corrected chi connectivity index (χ4v) is 3.79. The lowest BCUT2D eigenvalue weighted by molar-refractivity contribution is -0.136. The molecule has 28 heavy (non-hydrogen) atoms. The van der Waals surface area contributed by atoms with Crippen LogP contribution in [0.2, 0.25) is 10.0 Å². The Morgan fingerprint density at radius 3 is 2.89 bits per heavy atom. The number of carbonyl (C=O) groups excluding carboxylic acids is 2. The van der Waals surface area contributed by atoms with Crippen molar-refractivity contribution in [1.82, 2.24) is 10.1 Å². The molecule has 0 saturated carbocycles. The van der Waals surface area contributed by atoms with E-state index in [2.05, 4.69) is 10.5 Å². The van der Waals surface area contributed by atoms with E-state index in [-0.39, 0.29) is 18.2 Å². The smallest absolute Gasteiger partial charge is 0.247 e. The summed E-state index contributed by atoms with van der Waals surface area (Å²) in [5.74, 6) is -0.436. The highest BCUT2D eigenvalue weighted by atomic mass is 35.5. The van der Waals surface area contributed by atoms with Crippen LogP contribution in [-0.4, -0.2) is 34.5 Å². The van der Waals surface area contributed by atoms with Crippen LogP contribution < -0.4 is 5.32 Å². The number of anilines is 1. The van der Waals surface area contributed by atoms with Crippen molar-refractivity contribution in [2.24, 2.45) is 0 Å². The van der Waals surface area contributed by atoms with Gasteiger partial charge in [0.15, 0.2) is 5.58 Å². The zero-order valence-corrected chi connectivity index (χ0v) is 16.3. The van der Waals surface area contributed by atoms with E-state index in [1.165, 1.54) is 0 Å². The van der Waals surface area contributed by atoms with Crippen molar-refractivity contribution in [3.8, 4) is 0 Å². The fraction of sp³-hybridized carbons (Fsp3) is 0.250. The molecular formula is C20H17Cl2N3O3. The predicted molar refractivity (Wildman–Crippen MR) is 108 cm³/mol. The first-order valence-corrected chi connectivity index (χ1v) is 9.67. The Morgan fingerprint density at radius 2 is 2.04 bits per heavy atom. The Hall–Kier alpha value is -2.57. The SMILES string of the molecule is O=C(Nc1cc(Cl)ccc1Cl)[C@H]1CCCN1C(=O)Cc1noc2ccccc12. The molecule has 1 aliphatic rings. The molecular weight excluding hydrogens is 401 g/mol. The monoisotopic (exact) mass is 417 g/mol. The molecule has 2 aromatic carbocycles. The molecule has 1 N–H and O–H groups in total. The highest BCUT2D eigenvalue weighted by molar-refractivity contribution is 6.35. The third-order valence-corrected chi connectivity index (χ3v) is 5.40. The van der Waals surface area contributed by atoms with E-state index >= 15 is 0 Å². The Bertz CT molecular complexity index is 1050. The van der Waals surface area contributed by atoms with Crippen molar-refractivity contribution in [1.29, 1.82) is 0 Å². The molecule has 2 heterocycles. The molecule has 0 spiro atoms. The number of nitrogens with zero attached hydrogens (tertiary/aromatic N) is 2. The highest BCUT2D eigenvalue weighted by Crippen LogP contribution is 2.27. The summed E-state index contributed by atoms with van der Waals surface area (Å²) >= 11 is 12.1. The van der Waals surface area contributed by atoms with Crippen LogP contribution in [0.25, 0.3) is 11.0 Å². The van der Waals surface area contributed by atoms with E-state index in [4.69, 9.17) is 27.7 Å². The number of fused-ring (bicyclic) bond motifs is 1. The average molecular weight is 418 g/mol. The number of aromatic nitrogens is 1. The second kappa shape index (κ2) is 7.81. The number of para-hydroxylation sites is 1. The quantitative estimate of drug-likeness (QED) is 0.685. The normalized spacial score (nSPS) is 16.5. The highest BCUT2D eigenvalue weighted by Gasteiger charge is 2.34. The van der Waals surface area contributed by atoms with Crippen LogP contribution >= 0.6 is 23.2 Å². The van der Waals surface area contributed by atoms with Crippen LogP contribution in [0.1, 0.15) is 18.5 Å². The van der Waals surface area contributed by atoms with Gasteiger partial charge in [-0.15, -0.1) is 0 Å². The van der Waals surface area contributed by atoms with Crippen LogP contribution in [0.15, 0.2) is 47.0 Å². The number of benzene rings is 2. The lowest BCUT2D eigenvalue weighted by atomic mass is 10.1. The minimum Gasteiger partial charge on any atom is -0.356 e. The Balaban J connectivity index is 1.48. The molecule has 3 aromatic rings. The van der Waals surface area contributed by atoms with Crippen molar-refractivity contribution in [3.05, 3.63) is 58.2 Å². The zero-order valence-electron chi connectivity index (χ0n) is 14.8. The van der Waals surface area contributed by atoms with Gasteiger partial charge in [0.2, 0.25) is 11.8 Å². The molecule has 0 radical (unpaired) electrons. The number of hydrogen-bond donors (Lipinski definition) is 1. The third-order valence-electron chi connectivity index (χ3n) is 4.83. The van der Waals surface area contributed by atoms with E-state index in [1.54, 1.807) is 29.2 Å². The summed E-state index contributed by atoms with van der Waals surface area (Å²) in [6.45, 7) is 0.524. The van der Waals surface area contributed by atoms with Crippen molar-refractivity contribution in [2.75, 3.05) is 11.9 Å². The number of likely N-dealkylation sites (tertiary alicyclic amines) is 1. The van der Waals surface area contributed by atoms with Crippen LogP contribution in [0.4, 0.5) is 5.69 Å².